The van der Waals surface area contributed by atoms with Crippen molar-refractivity contribution < 1.29 is 14.3 Å². The van der Waals surface area contributed by atoms with Crippen molar-refractivity contribution in [2.75, 3.05) is 11.9 Å². The molecule has 5 aromatic rings. The zero-order valence-electron chi connectivity index (χ0n) is 23.5. The van der Waals surface area contributed by atoms with Crippen LogP contribution in [0.25, 0.3) is 23.0 Å². The Balaban J connectivity index is 1.41. The molecule has 1 amide bonds. The topological polar surface area (TPSA) is 89.2 Å². The predicted molar refractivity (Wildman–Crippen MR) is 164 cm³/mol. The highest BCUT2D eigenvalue weighted by molar-refractivity contribution is 6.10. The lowest BCUT2D eigenvalue weighted by molar-refractivity contribution is -0.112. The van der Waals surface area contributed by atoms with Crippen LogP contribution in [0.2, 0.25) is 0 Å². The number of ether oxygens (including phenoxy) is 2. The number of amides is 1. The average Bonchev–Trinajstić information content (AvgIpc) is 3.45. The number of para-hydroxylation sites is 1. The van der Waals surface area contributed by atoms with Crippen molar-refractivity contribution in [1.29, 1.82) is 5.26 Å². The van der Waals surface area contributed by atoms with Gasteiger partial charge in [-0.15, -0.1) is 0 Å². The fourth-order valence-electron chi connectivity index (χ4n) is 4.29. The van der Waals surface area contributed by atoms with Gasteiger partial charge in [0.05, 0.1) is 18.0 Å². The summed E-state index contributed by atoms with van der Waals surface area (Å²) in [6, 6.07) is 34.6. The van der Waals surface area contributed by atoms with Crippen molar-refractivity contribution in [1.82, 2.24) is 9.78 Å². The maximum absolute atomic E-state index is 13.1. The molecule has 0 saturated carbocycles. The van der Waals surface area contributed by atoms with Gasteiger partial charge in [0.2, 0.25) is 0 Å². The third-order valence-corrected chi connectivity index (χ3v) is 6.51. The van der Waals surface area contributed by atoms with Crippen LogP contribution in [-0.4, -0.2) is 22.3 Å². The third-order valence-electron chi connectivity index (χ3n) is 6.51. The predicted octanol–water partition coefficient (Wildman–Crippen LogP) is 7.37. The first kappa shape index (κ1) is 27.9. The lowest BCUT2D eigenvalue weighted by atomic mass is 10.1. The van der Waals surface area contributed by atoms with Crippen LogP contribution in [0.4, 0.5) is 5.69 Å². The molecule has 0 spiro atoms. The standard InChI is InChI=1S/C35H30N4O3/c1-3-41-32-19-15-30(16-20-32)37-35(40)28(22-36)21-29-23-39(31-7-5-4-6-8-31)38-34(29)27-13-17-33(18-14-27)42-24-26-11-9-25(2)10-12-26/h4-21,23H,3,24H2,1-2H3,(H,37,40). The van der Waals surface area contributed by atoms with Crippen LogP contribution < -0.4 is 14.8 Å². The van der Waals surface area contributed by atoms with Crippen LogP contribution in [0.15, 0.2) is 115 Å². The molecule has 0 bridgehead atoms. The molecule has 0 saturated heterocycles. The summed E-state index contributed by atoms with van der Waals surface area (Å²) < 4.78 is 13.2. The number of nitrogens with one attached hydrogen (secondary N) is 1. The number of nitrogens with zero attached hydrogens (tertiary/aromatic N) is 3. The Labute approximate surface area is 245 Å². The number of carbonyl (C=O) groups is 1. The van der Waals surface area contributed by atoms with Crippen molar-refractivity contribution in [3.8, 4) is 34.5 Å². The molecule has 4 aromatic carbocycles. The Morgan fingerprint density at radius 1 is 0.905 bits per heavy atom. The van der Waals surface area contributed by atoms with Crippen LogP contribution >= 0.6 is 0 Å². The molecule has 1 N–H and O–H groups in total. The Bertz CT molecular complexity index is 1720. The lowest BCUT2D eigenvalue weighted by Gasteiger charge is -2.08. The fourth-order valence-corrected chi connectivity index (χ4v) is 4.29. The quantitative estimate of drug-likeness (QED) is 0.144. The Kier molecular flexibility index (Phi) is 8.76. The third kappa shape index (κ3) is 6.93. The van der Waals surface area contributed by atoms with Gasteiger partial charge >= 0.3 is 0 Å². The molecular weight excluding hydrogens is 524 g/mol. The highest BCUT2D eigenvalue weighted by Gasteiger charge is 2.16. The second-order valence-electron chi connectivity index (χ2n) is 9.59. The number of carbonyl (C=O) groups excluding carboxylic acids is 1. The molecule has 1 aromatic heterocycles. The van der Waals surface area contributed by atoms with Gasteiger partial charge in [-0.1, -0.05) is 48.0 Å². The molecule has 0 fully saturated rings. The minimum absolute atomic E-state index is 0.0456. The van der Waals surface area contributed by atoms with E-state index in [-0.39, 0.29) is 5.57 Å². The summed E-state index contributed by atoms with van der Waals surface area (Å²) in [6.07, 6.45) is 3.38. The van der Waals surface area contributed by atoms with Gasteiger partial charge < -0.3 is 14.8 Å². The average molecular weight is 555 g/mol. The largest absolute Gasteiger partial charge is 0.494 e. The summed E-state index contributed by atoms with van der Waals surface area (Å²) in [6.45, 7) is 4.98. The van der Waals surface area contributed by atoms with Crippen molar-refractivity contribution in [3.05, 3.63) is 132 Å². The highest BCUT2D eigenvalue weighted by atomic mass is 16.5. The van der Waals surface area contributed by atoms with E-state index in [0.29, 0.717) is 35.9 Å². The maximum Gasteiger partial charge on any atom is 0.266 e. The smallest absolute Gasteiger partial charge is 0.266 e. The van der Waals surface area contributed by atoms with E-state index in [0.717, 1.165) is 22.6 Å². The highest BCUT2D eigenvalue weighted by Crippen LogP contribution is 2.28. The molecule has 7 heteroatoms. The monoisotopic (exact) mass is 554 g/mol. The molecule has 5 rings (SSSR count). The van der Waals surface area contributed by atoms with Crippen LogP contribution in [-0.2, 0) is 11.4 Å². The first-order chi connectivity index (χ1) is 20.5. The molecule has 42 heavy (non-hydrogen) atoms. The zero-order chi connectivity index (χ0) is 29.3. The lowest BCUT2D eigenvalue weighted by Crippen LogP contribution is -2.13. The molecular formula is C35H30N4O3. The van der Waals surface area contributed by atoms with Crippen molar-refractivity contribution in [2.45, 2.75) is 20.5 Å². The summed E-state index contributed by atoms with van der Waals surface area (Å²) in [7, 11) is 0. The van der Waals surface area contributed by atoms with E-state index in [1.54, 1.807) is 35.0 Å². The molecule has 0 aliphatic heterocycles. The van der Waals surface area contributed by atoms with Gasteiger partial charge in [0.1, 0.15) is 29.7 Å². The minimum atomic E-state index is -0.514. The molecule has 0 radical (unpaired) electrons. The van der Waals surface area contributed by atoms with E-state index in [1.165, 1.54) is 5.56 Å². The van der Waals surface area contributed by atoms with E-state index in [1.807, 2.05) is 73.8 Å². The summed E-state index contributed by atoms with van der Waals surface area (Å²) in [5, 5.41) is 17.5. The maximum atomic E-state index is 13.1. The van der Waals surface area contributed by atoms with Gasteiger partial charge in [0, 0.05) is 23.0 Å². The number of rotatable bonds is 10. The van der Waals surface area contributed by atoms with E-state index < -0.39 is 5.91 Å². The number of aromatic nitrogens is 2. The van der Waals surface area contributed by atoms with Gasteiger partial charge in [-0.3, -0.25) is 4.79 Å². The number of benzene rings is 4. The van der Waals surface area contributed by atoms with Crippen molar-refractivity contribution in [3.63, 3.8) is 0 Å². The van der Waals surface area contributed by atoms with Crippen LogP contribution in [0.3, 0.4) is 0 Å². The zero-order valence-corrected chi connectivity index (χ0v) is 23.5. The van der Waals surface area contributed by atoms with E-state index >= 15 is 0 Å². The molecule has 0 atom stereocenters. The minimum Gasteiger partial charge on any atom is -0.494 e. The molecule has 0 aliphatic rings. The van der Waals surface area contributed by atoms with Crippen molar-refractivity contribution >= 4 is 17.7 Å². The molecule has 7 nitrogen and oxygen atoms in total. The molecule has 0 aliphatic carbocycles. The molecule has 208 valence electrons. The first-order valence-corrected chi connectivity index (χ1v) is 13.6. The summed E-state index contributed by atoms with van der Waals surface area (Å²) in [4.78, 5) is 13.1. The number of hydrogen-bond acceptors (Lipinski definition) is 5. The number of anilines is 1. The van der Waals surface area contributed by atoms with Crippen LogP contribution in [0.5, 0.6) is 11.5 Å². The Hall–Kier alpha value is -5.61. The summed E-state index contributed by atoms with van der Waals surface area (Å²) >= 11 is 0. The van der Waals surface area contributed by atoms with E-state index in [4.69, 9.17) is 14.6 Å². The van der Waals surface area contributed by atoms with Gasteiger partial charge in [-0.25, -0.2) is 4.68 Å². The summed E-state index contributed by atoms with van der Waals surface area (Å²) in [5.74, 6) is 0.919. The second kappa shape index (κ2) is 13.2. The van der Waals surface area contributed by atoms with Crippen molar-refractivity contribution in [2.24, 2.45) is 0 Å². The fraction of sp³-hybridized carbons (Fsp3) is 0.114. The van der Waals surface area contributed by atoms with Crippen LogP contribution in [0.1, 0.15) is 23.6 Å². The van der Waals surface area contributed by atoms with Gasteiger partial charge in [-0.2, -0.15) is 10.4 Å². The Morgan fingerprint density at radius 2 is 1.57 bits per heavy atom. The van der Waals surface area contributed by atoms with E-state index in [9.17, 15) is 10.1 Å². The molecule has 0 unspecified atom stereocenters. The second-order valence-corrected chi connectivity index (χ2v) is 9.59. The van der Waals surface area contributed by atoms with Gasteiger partial charge in [-0.05, 0) is 86.2 Å². The SMILES string of the molecule is CCOc1ccc(NC(=O)C(C#N)=Cc2cn(-c3ccccc3)nc2-c2ccc(OCc3ccc(C)cc3)cc2)cc1. The van der Waals surface area contributed by atoms with Gasteiger partial charge in [0.15, 0.2) is 0 Å². The number of hydrogen-bond donors (Lipinski definition) is 1. The molecule has 1 heterocycles. The normalized spacial score (nSPS) is 11.0. The summed E-state index contributed by atoms with van der Waals surface area (Å²) in [5.41, 5.74) is 5.75. The van der Waals surface area contributed by atoms with E-state index in [2.05, 4.69) is 36.5 Å². The number of aryl methyl sites for hydroxylation is 1. The van der Waals surface area contributed by atoms with Gasteiger partial charge in [0.25, 0.3) is 5.91 Å². The number of nitriles is 1. The van der Waals surface area contributed by atoms with Crippen LogP contribution in [0, 0.1) is 18.3 Å². The Morgan fingerprint density at radius 3 is 2.24 bits per heavy atom. The first-order valence-electron chi connectivity index (χ1n) is 13.6.